The normalized spacial score (nSPS) is 15.4. The first-order chi connectivity index (χ1) is 10.9. The molecule has 6 heteroatoms. The average Bonchev–Trinajstić information content (AvgIpc) is 2.74. The van der Waals surface area contributed by atoms with Gasteiger partial charge < -0.3 is 10.2 Å². The van der Waals surface area contributed by atoms with E-state index in [4.69, 9.17) is 0 Å². The first-order valence-corrected chi connectivity index (χ1v) is 7.37. The highest BCUT2D eigenvalue weighted by molar-refractivity contribution is 6.07. The van der Waals surface area contributed by atoms with Crippen molar-refractivity contribution in [3.8, 4) is 0 Å². The van der Waals surface area contributed by atoms with Gasteiger partial charge in [0.2, 0.25) is 5.91 Å². The molecule has 1 N–H and O–H groups in total. The van der Waals surface area contributed by atoms with Crippen LogP contribution in [0.4, 0.5) is 5.69 Å². The van der Waals surface area contributed by atoms with Crippen LogP contribution >= 0.6 is 0 Å². The number of nitrogens with one attached hydrogen (secondary N) is 1. The molecule has 0 aliphatic carbocycles. The molecule has 2 heterocycles. The number of likely N-dealkylation sites (N-methyl/N-ethyl adjacent to an activating group) is 1. The van der Waals surface area contributed by atoms with Crippen molar-refractivity contribution in [3.05, 3.63) is 53.6 Å². The molecule has 0 atom stereocenters. The van der Waals surface area contributed by atoms with Crippen LogP contribution in [-0.2, 0) is 16.8 Å². The van der Waals surface area contributed by atoms with E-state index >= 15 is 0 Å². The zero-order valence-corrected chi connectivity index (χ0v) is 13.3. The molecule has 3 rings (SSSR count). The van der Waals surface area contributed by atoms with Gasteiger partial charge in [0.05, 0.1) is 11.6 Å². The van der Waals surface area contributed by atoms with Crippen LogP contribution in [0.3, 0.4) is 0 Å². The number of hydrogen-bond donors (Lipinski definition) is 1. The maximum Gasteiger partial charge on any atom is 0.271 e. The molecule has 118 valence electrons. The van der Waals surface area contributed by atoms with Crippen LogP contribution in [-0.4, -0.2) is 28.8 Å². The lowest BCUT2D eigenvalue weighted by molar-refractivity contribution is -0.121. The summed E-state index contributed by atoms with van der Waals surface area (Å²) in [5, 5.41) is 2.82. The Morgan fingerprint density at radius 1 is 1.30 bits per heavy atom. The highest BCUT2D eigenvalue weighted by atomic mass is 16.2. The van der Waals surface area contributed by atoms with E-state index in [-0.39, 0.29) is 17.5 Å². The topological polar surface area (TPSA) is 75.2 Å². The highest BCUT2D eigenvalue weighted by Crippen LogP contribution is 2.40. The number of fused-ring (bicyclic) bond motifs is 1. The quantitative estimate of drug-likeness (QED) is 0.935. The second-order valence-electron chi connectivity index (χ2n) is 6.11. The Labute approximate surface area is 134 Å². The van der Waals surface area contributed by atoms with Gasteiger partial charge in [0.1, 0.15) is 5.69 Å². The van der Waals surface area contributed by atoms with Gasteiger partial charge in [-0.25, -0.2) is 4.98 Å². The van der Waals surface area contributed by atoms with Crippen LogP contribution < -0.4 is 10.2 Å². The number of benzene rings is 1. The largest absolute Gasteiger partial charge is 0.347 e. The van der Waals surface area contributed by atoms with Crippen molar-refractivity contribution < 1.29 is 9.59 Å². The minimum Gasteiger partial charge on any atom is -0.347 e. The standard InChI is InChI=1S/C17H18N4O2/c1-17(2)12-8-11(4-5-14(12)21(3)16(17)23)9-20-15(22)13-10-18-6-7-19-13/h4-8,10H,9H2,1-3H3,(H,20,22). The van der Waals surface area contributed by atoms with Gasteiger partial charge in [-0.15, -0.1) is 0 Å². The Morgan fingerprint density at radius 2 is 2.09 bits per heavy atom. The number of carbonyl (C=O) groups excluding carboxylic acids is 2. The first kappa shape index (κ1) is 15.1. The fourth-order valence-corrected chi connectivity index (χ4v) is 2.82. The molecule has 1 aliphatic heterocycles. The lowest BCUT2D eigenvalue weighted by Gasteiger charge is -2.16. The first-order valence-electron chi connectivity index (χ1n) is 7.37. The lowest BCUT2D eigenvalue weighted by atomic mass is 9.85. The fourth-order valence-electron chi connectivity index (χ4n) is 2.82. The number of anilines is 1. The van der Waals surface area contributed by atoms with E-state index in [2.05, 4.69) is 15.3 Å². The van der Waals surface area contributed by atoms with Gasteiger partial charge in [0, 0.05) is 31.7 Å². The van der Waals surface area contributed by atoms with Crippen molar-refractivity contribution in [2.75, 3.05) is 11.9 Å². The summed E-state index contributed by atoms with van der Waals surface area (Å²) in [6.07, 6.45) is 4.43. The molecule has 2 amide bonds. The molecule has 0 saturated carbocycles. The maximum absolute atomic E-state index is 12.3. The van der Waals surface area contributed by atoms with E-state index in [0.717, 1.165) is 16.8 Å². The Bertz CT molecular complexity index is 771. The van der Waals surface area contributed by atoms with Gasteiger partial charge >= 0.3 is 0 Å². The molecule has 0 fully saturated rings. The number of aromatic nitrogens is 2. The number of hydrogen-bond acceptors (Lipinski definition) is 4. The van der Waals surface area contributed by atoms with E-state index in [0.29, 0.717) is 6.54 Å². The summed E-state index contributed by atoms with van der Waals surface area (Å²) in [5.41, 5.74) is 2.58. The molecule has 0 spiro atoms. The predicted octanol–water partition coefficient (Wildman–Crippen LogP) is 1.66. The second kappa shape index (κ2) is 5.46. The predicted molar refractivity (Wildman–Crippen MR) is 86.1 cm³/mol. The van der Waals surface area contributed by atoms with Crippen LogP contribution in [0.25, 0.3) is 0 Å². The summed E-state index contributed by atoms with van der Waals surface area (Å²) >= 11 is 0. The molecule has 23 heavy (non-hydrogen) atoms. The van der Waals surface area contributed by atoms with Gasteiger partial charge in [-0.05, 0) is 31.0 Å². The van der Waals surface area contributed by atoms with Crippen LogP contribution in [0.5, 0.6) is 0 Å². The number of rotatable bonds is 3. The molecule has 1 aliphatic rings. The van der Waals surface area contributed by atoms with Crippen molar-refractivity contribution in [1.29, 1.82) is 0 Å². The average molecular weight is 310 g/mol. The summed E-state index contributed by atoms with van der Waals surface area (Å²) in [7, 11) is 1.78. The summed E-state index contributed by atoms with van der Waals surface area (Å²) in [5.74, 6) is -0.195. The van der Waals surface area contributed by atoms with Crippen molar-refractivity contribution in [2.45, 2.75) is 25.8 Å². The van der Waals surface area contributed by atoms with Crippen molar-refractivity contribution in [2.24, 2.45) is 0 Å². The zero-order valence-electron chi connectivity index (χ0n) is 13.3. The van der Waals surface area contributed by atoms with E-state index < -0.39 is 5.41 Å². The summed E-state index contributed by atoms with van der Waals surface area (Å²) in [6, 6.07) is 5.82. The Kier molecular flexibility index (Phi) is 3.60. The van der Waals surface area contributed by atoms with E-state index in [1.807, 2.05) is 32.0 Å². The molecule has 1 aromatic carbocycles. The molecule has 0 radical (unpaired) electrons. The van der Waals surface area contributed by atoms with Crippen LogP contribution in [0.1, 0.15) is 35.5 Å². The van der Waals surface area contributed by atoms with Crippen molar-refractivity contribution in [1.82, 2.24) is 15.3 Å². The second-order valence-corrected chi connectivity index (χ2v) is 6.11. The minimum absolute atomic E-state index is 0.0771. The Morgan fingerprint density at radius 3 is 2.78 bits per heavy atom. The summed E-state index contributed by atoms with van der Waals surface area (Å²) in [6.45, 7) is 4.20. The van der Waals surface area contributed by atoms with E-state index in [1.165, 1.54) is 18.6 Å². The number of nitrogens with zero attached hydrogens (tertiary/aromatic N) is 3. The monoisotopic (exact) mass is 310 g/mol. The van der Waals surface area contributed by atoms with Crippen LogP contribution in [0, 0.1) is 0 Å². The third-order valence-corrected chi connectivity index (χ3v) is 4.18. The maximum atomic E-state index is 12.3. The zero-order chi connectivity index (χ0) is 16.6. The van der Waals surface area contributed by atoms with Crippen LogP contribution in [0.15, 0.2) is 36.8 Å². The van der Waals surface area contributed by atoms with Gasteiger partial charge in [0.25, 0.3) is 5.91 Å². The molecule has 6 nitrogen and oxygen atoms in total. The third kappa shape index (κ3) is 2.56. The minimum atomic E-state index is -0.547. The number of carbonyl (C=O) groups is 2. The smallest absolute Gasteiger partial charge is 0.271 e. The van der Waals surface area contributed by atoms with Gasteiger partial charge in [0.15, 0.2) is 0 Å². The van der Waals surface area contributed by atoms with Gasteiger partial charge in [-0.3, -0.25) is 14.6 Å². The molecular formula is C17H18N4O2. The van der Waals surface area contributed by atoms with Crippen LogP contribution in [0.2, 0.25) is 0 Å². The molecule has 0 unspecified atom stereocenters. The van der Waals surface area contributed by atoms with E-state index in [9.17, 15) is 9.59 Å². The molecular weight excluding hydrogens is 292 g/mol. The molecule has 0 saturated heterocycles. The fraction of sp³-hybridized carbons (Fsp3) is 0.294. The lowest BCUT2D eigenvalue weighted by Crippen LogP contribution is -2.33. The van der Waals surface area contributed by atoms with Gasteiger partial charge in [-0.1, -0.05) is 12.1 Å². The SMILES string of the molecule is CN1C(=O)C(C)(C)c2cc(CNC(=O)c3cnccn3)ccc21. The molecule has 1 aromatic heterocycles. The van der Waals surface area contributed by atoms with Crippen molar-refractivity contribution in [3.63, 3.8) is 0 Å². The Balaban J connectivity index is 1.78. The van der Waals surface area contributed by atoms with Gasteiger partial charge in [-0.2, -0.15) is 0 Å². The third-order valence-electron chi connectivity index (χ3n) is 4.18. The summed E-state index contributed by atoms with van der Waals surface area (Å²) in [4.78, 5) is 33.8. The van der Waals surface area contributed by atoms with E-state index in [1.54, 1.807) is 11.9 Å². The molecule has 0 bridgehead atoms. The number of amides is 2. The summed E-state index contributed by atoms with van der Waals surface area (Å²) < 4.78 is 0. The Hall–Kier alpha value is -2.76. The van der Waals surface area contributed by atoms with Crippen molar-refractivity contribution >= 4 is 17.5 Å². The molecule has 2 aromatic rings. The highest BCUT2D eigenvalue weighted by Gasteiger charge is 2.42.